The molecule has 2 aromatic heterocycles. The van der Waals surface area contributed by atoms with Crippen molar-refractivity contribution < 1.29 is 14.3 Å². The average molecular weight is 426 g/mol. The van der Waals surface area contributed by atoms with Crippen LogP contribution in [0.5, 0.6) is 0 Å². The number of anilines is 1. The first-order valence-corrected chi connectivity index (χ1v) is 10.2. The number of carbonyl (C=O) groups excluding carboxylic acids is 2. The first kappa shape index (κ1) is 21.4. The molecule has 3 aromatic rings. The number of thiazole rings is 1. The number of carbonyl (C=O) groups is 2. The second-order valence-electron chi connectivity index (χ2n) is 6.74. The highest BCUT2D eigenvalue weighted by atomic mass is 32.1. The zero-order valence-electron chi connectivity index (χ0n) is 17.2. The van der Waals surface area contributed by atoms with Crippen LogP contribution in [0.4, 0.5) is 5.13 Å². The maximum Gasteiger partial charge on any atom is 0.350 e. The van der Waals surface area contributed by atoms with Gasteiger partial charge in [0.15, 0.2) is 5.13 Å². The minimum absolute atomic E-state index is 0.253. The van der Waals surface area contributed by atoms with Gasteiger partial charge in [-0.25, -0.2) is 14.5 Å². The Kier molecular flexibility index (Phi) is 6.41. The van der Waals surface area contributed by atoms with Crippen LogP contribution in [0.1, 0.15) is 33.4 Å². The van der Waals surface area contributed by atoms with E-state index in [4.69, 9.17) is 4.74 Å². The van der Waals surface area contributed by atoms with Gasteiger partial charge in [-0.15, -0.1) is 0 Å². The minimum Gasteiger partial charge on any atom is -0.462 e. The predicted molar refractivity (Wildman–Crippen MR) is 115 cm³/mol. The van der Waals surface area contributed by atoms with Crippen molar-refractivity contribution in [1.29, 1.82) is 0 Å². The fourth-order valence-corrected chi connectivity index (χ4v) is 3.72. The predicted octanol–water partition coefficient (Wildman–Crippen LogP) is 3.11. The molecule has 2 heterocycles. The van der Waals surface area contributed by atoms with E-state index in [1.165, 1.54) is 6.07 Å². The highest BCUT2D eigenvalue weighted by Crippen LogP contribution is 2.24. The van der Waals surface area contributed by atoms with Gasteiger partial charge in [-0.2, -0.15) is 5.10 Å². The van der Waals surface area contributed by atoms with Gasteiger partial charge in [0.25, 0.3) is 5.56 Å². The van der Waals surface area contributed by atoms with Gasteiger partial charge in [0.1, 0.15) is 11.4 Å². The summed E-state index contributed by atoms with van der Waals surface area (Å²) in [5.74, 6) is -0.945. The number of nitrogens with zero attached hydrogens (tertiary/aromatic N) is 3. The lowest BCUT2D eigenvalue weighted by Crippen LogP contribution is -2.29. The maximum absolute atomic E-state index is 12.5. The normalized spacial score (nSPS) is 10.7. The first-order chi connectivity index (χ1) is 14.3. The second kappa shape index (κ2) is 9.00. The molecular formula is C21H22N4O4S. The van der Waals surface area contributed by atoms with Gasteiger partial charge < -0.3 is 10.1 Å². The Morgan fingerprint density at radius 3 is 2.67 bits per heavy atom. The molecule has 0 fully saturated rings. The summed E-state index contributed by atoms with van der Waals surface area (Å²) in [5.41, 5.74) is 3.69. The monoisotopic (exact) mass is 426 g/mol. The molecule has 1 amide bonds. The number of amides is 1. The molecule has 0 atom stereocenters. The molecule has 0 bridgehead atoms. The van der Waals surface area contributed by atoms with Crippen LogP contribution in [0.15, 0.2) is 35.1 Å². The van der Waals surface area contributed by atoms with Crippen molar-refractivity contribution >= 4 is 28.3 Å². The molecule has 0 saturated carbocycles. The molecule has 156 valence electrons. The van der Waals surface area contributed by atoms with Crippen LogP contribution in [0.3, 0.4) is 0 Å². The van der Waals surface area contributed by atoms with Crippen molar-refractivity contribution in [2.75, 3.05) is 11.9 Å². The van der Waals surface area contributed by atoms with E-state index in [-0.39, 0.29) is 23.8 Å². The molecule has 0 unspecified atom stereocenters. The molecule has 9 heteroatoms. The minimum atomic E-state index is -0.480. The Balaban J connectivity index is 1.79. The van der Waals surface area contributed by atoms with E-state index in [0.29, 0.717) is 16.3 Å². The third kappa shape index (κ3) is 4.80. The standard InChI is InChI=1S/C21H22N4O4S/c1-5-29-20(28)19-14(4)22-21(30-19)23-17(26)11-25-18(27)9-8-16(24-25)15-10-12(2)6-7-13(15)3/h6-10H,5,11H2,1-4H3,(H,22,23,26). The van der Waals surface area contributed by atoms with Crippen LogP contribution in [-0.4, -0.2) is 33.2 Å². The van der Waals surface area contributed by atoms with Gasteiger partial charge in [0.05, 0.1) is 18.0 Å². The van der Waals surface area contributed by atoms with E-state index in [2.05, 4.69) is 15.4 Å². The average Bonchev–Trinajstić information content (AvgIpc) is 3.05. The molecule has 0 aliphatic rings. The number of rotatable bonds is 6. The van der Waals surface area contributed by atoms with Crippen LogP contribution >= 0.6 is 11.3 Å². The van der Waals surface area contributed by atoms with Crippen molar-refractivity contribution in [2.45, 2.75) is 34.2 Å². The molecule has 8 nitrogen and oxygen atoms in total. The number of nitrogens with one attached hydrogen (secondary N) is 1. The number of esters is 1. The summed E-state index contributed by atoms with van der Waals surface area (Å²) in [7, 11) is 0. The number of aromatic nitrogens is 3. The van der Waals surface area contributed by atoms with E-state index in [1.807, 2.05) is 32.0 Å². The number of aryl methyl sites for hydroxylation is 3. The quantitative estimate of drug-likeness (QED) is 0.608. The number of hydrogen-bond acceptors (Lipinski definition) is 7. The van der Waals surface area contributed by atoms with Crippen LogP contribution in [0, 0.1) is 20.8 Å². The third-order valence-corrected chi connectivity index (χ3v) is 5.39. The Morgan fingerprint density at radius 2 is 1.93 bits per heavy atom. The zero-order chi connectivity index (χ0) is 21.8. The fourth-order valence-electron chi connectivity index (χ4n) is 2.85. The second-order valence-corrected chi connectivity index (χ2v) is 7.73. The van der Waals surface area contributed by atoms with Crippen LogP contribution in [-0.2, 0) is 16.1 Å². The van der Waals surface area contributed by atoms with E-state index < -0.39 is 11.9 Å². The summed E-state index contributed by atoms with van der Waals surface area (Å²) >= 11 is 1.03. The molecule has 1 N–H and O–H groups in total. The smallest absolute Gasteiger partial charge is 0.350 e. The zero-order valence-corrected chi connectivity index (χ0v) is 18.0. The van der Waals surface area contributed by atoms with Gasteiger partial charge in [0.2, 0.25) is 5.91 Å². The summed E-state index contributed by atoms with van der Waals surface area (Å²) in [5, 5.41) is 7.23. The molecule has 0 spiro atoms. The lowest BCUT2D eigenvalue weighted by Gasteiger charge is -2.09. The maximum atomic E-state index is 12.5. The molecule has 30 heavy (non-hydrogen) atoms. The van der Waals surface area contributed by atoms with Crippen molar-refractivity contribution in [1.82, 2.24) is 14.8 Å². The fraction of sp³-hybridized carbons (Fsp3) is 0.286. The molecule has 0 aliphatic carbocycles. The molecule has 3 rings (SSSR count). The molecular weight excluding hydrogens is 404 g/mol. The SMILES string of the molecule is CCOC(=O)c1sc(NC(=O)Cn2nc(-c3cc(C)ccc3C)ccc2=O)nc1C. The summed E-state index contributed by atoms with van der Waals surface area (Å²) < 4.78 is 6.09. The lowest BCUT2D eigenvalue weighted by atomic mass is 10.0. The first-order valence-electron chi connectivity index (χ1n) is 9.38. The van der Waals surface area contributed by atoms with Gasteiger partial charge >= 0.3 is 5.97 Å². The van der Waals surface area contributed by atoms with Gasteiger partial charge in [-0.05, 0) is 45.4 Å². The van der Waals surface area contributed by atoms with Crippen molar-refractivity contribution in [3.05, 3.63) is 62.4 Å². The van der Waals surface area contributed by atoms with E-state index in [9.17, 15) is 14.4 Å². The Bertz CT molecular complexity index is 1170. The van der Waals surface area contributed by atoms with Crippen LogP contribution < -0.4 is 10.9 Å². The number of benzene rings is 1. The number of ether oxygens (including phenoxy) is 1. The van der Waals surface area contributed by atoms with Crippen molar-refractivity contribution in [2.24, 2.45) is 0 Å². The van der Waals surface area contributed by atoms with Crippen molar-refractivity contribution in [3.63, 3.8) is 0 Å². The van der Waals surface area contributed by atoms with Gasteiger partial charge in [0, 0.05) is 11.6 Å². The molecule has 0 aliphatic heterocycles. The van der Waals surface area contributed by atoms with Crippen LogP contribution in [0.2, 0.25) is 0 Å². The molecule has 0 saturated heterocycles. The summed E-state index contributed by atoms with van der Waals surface area (Å²) in [6, 6.07) is 9.02. The van der Waals surface area contributed by atoms with E-state index >= 15 is 0 Å². The molecule has 0 radical (unpaired) electrons. The lowest BCUT2D eigenvalue weighted by molar-refractivity contribution is -0.117. The highest BCUT2D eigenvalue weighted by molar-refractivity contribution is 7.17. The molecule has 1 aromatic carbocycles. The Morgan fingerprint density at radius 1 is 1.17 bits per heavy atom. The largest absolute Gasteiger partial charge is 0.462 e. The summed E-state index contributed by atoms with van der Waals surface area (Å²) in [6.07, 6.45) is 0. The van der Waals surface area contributed by atoms with Gasteiger partial charge in [-0.3, -0.25) is 9.59 Å². The highest BCUT2D eigenvalue weighted by Gasteiger charge is 2.18. The number of hydrogen-bond donors (Lipinski definition) is 1. The Labute approximate surface area is 177 Å². The van der Waals surface area contributed by atoms with Crippen LogP contribution in [0.25, 0.3) is 11.3 Å². The summed E-state index contributed by atoms with van der Waals surface area (Å²) in [6.45, 7) is 7.30. The van der Waals surface area contributed by atoms with Gasteiger partial charge in [-0.1, -0.05) is 29.0 Å². The van der Waals surface area contributed by atoms with E-state index in [1.54, 1.807) is 19.9 Å². The third-order valence-electron chi connectivity index (χ3n) is 4.33. The Hall–Kier alpha value is -3.33. The topological polar surface area (TPSA) is 103 Å². The van der Waals surface area contributed by atoms with E-state index in [0.717, 1.165) is 32.7 Å². The van der Waals surface area contributed by atoms with Crippen molar-refractivity contribution in [3.8, 4) is 11.3 Å². The summed E-state index contributed by atoms with van der Waals surface area (Å²) in [4.78, 5) is 41.1.